The summed E-state index contributed by atoms with van der Waals surface area (Å²) in [5, 5.41) is 5.38. The summed E-state index contributed by atoms with van der Waals surface area (Å²) < 4.78 is 10.4. The van der Waals surface area contributed by atoms with Crippen LogP contribution in [0.2, 0.25) is 0 Å². The Hall–Kier alpha value is -2.61. The van der Waals surface area contributed by atoms with Crippen LogP contribution in [0.3, 0.4) is 0 Å². The molecule has 0 unspecified atom stereocenters. The maximum atomic E-state index is 13.2. The van der Waals surface area contributed by atoms with Gasteiger partial charge in [0.2, 0.25) is 0 Å². The summed E-state index contributed by atoms with van der Waals surface area (Å²) in [6.07, 6.45) is 5.34. The van der Waals surface area contributed by atoms with Gasteiger partial charge >= 0.3 is 12.0 Å². The van der Waals surface area contributed by atoms with Crippen LogP contribution in [0.25, 0.3) is 0 Å². The highest BCUT2D eigenvalue weighted by Gasteiger charge is 2.27. The van der Waals surface area contributed by atoms with E-state index in [4.69, 9.17) is 9.47 Å². The molecule has 0 saturated heterocycles. The van der Waals surface area contributed by atoms with Gasteiger partial charge < -0.3 is 19.7 Å². The van der Waals surface area contributed by atoms with Gasteiger partial charge in [-0.05, 0) is 31.9 Å². The Morgan fingerprint density at radius 1 is 1.24 bits per heavy atom. The summed E-state index contributed by atoms with van der Waals surface area (Å²) in [6, 6.07) is 7.31. The SMILES string of the molecule is CCOC(=O)c1csc(CN(C(=O)Nc2ccccc2OC)C2CCCCC2)n1. The number of urea groups is 1. The number of hydrogen-bond donors (Lipinski definition) is 1. The number of methoxy groups -OCH3 is 1. The average Bonchev–Trinajstić information content (AvgIpc) is 3.22. The molecule has 1 fully saturated rings. The van der Waals surface area contributed by atoms with E-state index in [-0.39, 0.29) is 12.1 Å². The number of benzene rings is 1. The third kappa shape index (κ3) is 5.47. The highest BCUT2D eigenvalue weighted by molar-refractivity contribution is 7.09. The first-order valence-electron chi connectivity index (χ1n) is 9.94. The third-order valence-corrected chi connectivity index (χ3v) is 5.80. The van der Waals surface area contributed by atoms with E-state index in [9.17, 15) is 9.59 Å². The first-order chi connectivity index (χ1) is 14.1. The Balaban J connectivity index is 1.77. The zero-order chi connectivity index (χ0) is 20.6. The number of nitrogens with zero attached hydrogens (tertiary/aromatic N) is 2. The largest absolute Gasteiger partial charge is 0.495 e. The second-order valence-corrected chi connectivity index (χ2v) is 7.84. The van der Waals surface area contributed by atoms with Crippen molar-refractivity contribution >= 4 is 29.0 Å². The zero-order valence-electron chi connectivity index (χ0n) is 16.8. The van der Waals surface area contributed by atoms with E-state index in [2.05, 4.69) is 10.3 Å². The van der Waals surface area contributed by atoms with Crippen LogP contribution in [0, 0.1) is 0 Å². The monoisotopic (exact) mass is 417 g/mol. The fraction of sp³-hybridized carbons (Fsp3) is 0.476. The molecule has 0 radical (unpaired) electrons. The molecule has 1 aromatic heterocycles. The third-order valence-electron chi connectivity index (χ3n) is 4.97. The van der Waals surface area contributed by atoms with Crippen molar-refractivity contribution in [2.75, 3.05) is 19.0 Å². The second-order valence-electron chi connectivity index (χ2n) is 6.90. The number of nitrogens with one attached hydrogen (secondary N) is 1. The smallest absolute Gasteiger partial charge is 0.357 e. The molecule has 1 aliphatic carbocycles. The van der Waals surface area contributed by atoms with Crippen LogP contribution in [0.15, 0.2) is 29.6 Å². The van der Waals surface area contributed by atoms with Crippen molar-refractivity contribution < 1.29 is 19.1 Å². The Morgan fingerprint density at radius 2 is 2.00 bits per heavy atom. The van der Waals surface area contributed by atoms with Crippen molar-refractivity contribution in [3.05, 3.63) is 40.3 Å². The van der Waals surface area contributed by atoms with Gasteiger partial charge in [0.05, 0.1) is 25.9 Å². The fourth-order valence-corrected chi connectivity index (χ4v) is 4.28. The van der Waals surface area contributed by atoms with Gasteiger partial charge in [-0.2, -0.15) is 0 Å². The van der Waals surface area contributed by atoms with Crippen LogP contribution in [0.1, 0.15) is 54.5 Å². The Morgan fingerprint density at radius 3 is 2.72 bits per heavy atom. The molecule has 1 saturated carbocycles. The molecular weight excluding hydrogens is 390 g/mol. The first kappa shape index (κ1) is 21.1. The quantitative estimate of drug-likeness (QED) is 0.661. The predicted octanol–water partition coefficient (Wildman–Crippen LogP) is 4.70. The minimum atomic E-state index is -0.433. The summed E-state index contributed by atoms with van der Waals surface area (Å²) in [7, 11) is 1.58. The van der Waals surface area contributed by atoms with Crippen molar-refractivity contribution in [1.82, 2.24) is 9.88 Å². The molecular formula is C21H27N3O4S. The minimum absolute atomic E-state index is 0.147. The number of thiazole rings is 1. The molecule has 0 bridgehead atoms. The summed E-state index contributed by atoms with van der Waals surface area (Å²) in [5.41, 5.74) is 0.924. The maximum absolute atomic E-state index is 13.2. The topological polar surface area (TPSA) is 80.8 Å². The molecule has 8 heteroatoms. The lowest BCUT2D eigenvalue weighted by atomic mass is 9.94. The molecule has 156 valence electrons. The van der Waals surface area contributed by atoms with Crippen molar-refractivity contribution in [3.8, 4) is 5.75 Å². The van der Waals surface area contributed by atoms with Crippen molar-refractivity contribution in [1.29, 1.82) is 0 Å². The molecule has 2 amide bonds. The van der Waals surface area contributed by atoms with E-state index in [1.54, 1.807) is 19.4 Å². The van der Waals surface area contributed by atoms with E-state index in [1.807, 2.05) is 29.2 Å². The highest BCUT2D eigenvalue weighted by atomic mass is 32.1. The highest BCUT2D eigenvalue weighted by Crippen LogP contribution is 2.28. The summed E-state index contributed by atoms with van der Waals surface area (Å²) in [6.45, 7) is 2.43. The normalized spacial score (nSPS) is 14.3. The van der Waals surface area contributed by atoms with Crippen LogP contribution in [-0.4, -0.2) is 41.6 Å². The number of amides is 2. The fourth-order valence-electron chi connectivity index (χ4n) is 3.52. The number of para-hydroxylation sites is 2. The summed E-state index contributed by atoms with van der Waals surface area (Å²) in [4.78, 5) is 31.3. The summed E-state index contributed by atoms with van der Waals surface area (Å²) in [5.74, 6) is 0.181. The van der Waals surface area contributed by atoms with Gasteiger partial charge in [-0.15, -0.1) is 11.3 Å². The molecule has 1 heterocycles. The summed E-state index contributed by atoms with van der Waals surface area (Å²) >= 11 is 1.37. The Kier molecular flexibility index (Phi) is 7.46. The number of aromatic nitrogens is 1. The minimum Gasteiger partial charge on any atom is -0.495 e. The Bertz CT molecular complexity index is 833. The van der Waals surface area contributed by atoms with Crippen LogP contribution >= 0.6 is 11.3 Å². The van der Waals surface area contributed by atoms with Crippen molar-refractivity contribution in [2.24, 2.45) is 0 Å². The van der Waals surface area contributed by atoms with E-state index in [1.165, 1.54) is 17.8 Å². The number of rotatable bonds is 7. The molecule has 3 rings (SSSR count). The number of esters is 1. The Labute approximate surface area is 175 Å². The van der Waals surface area contributed by atoms with Gasteiger partial charge in [-0.3, -0.25) is 0 Å². The second kappa shape index (κ2) is 10.2. The van der Waals surface area contributed by atoms with Crippen molar-refractivity contribution in [3.63, 3.8) is 0 Å². The molecule has 0 atom stereocenters. The molecule has 7 nitrogen and oxygen atoms in total. The van der Waals surface area contributed by atoms with E-state index in [0.29, 0.717) is 35.3 Å². The van der Waals surface area contributed by atoms with Crippen LogP contribution in [0.4, 0.5) is 10.5 Å². The molecule has 0 spiro atoms. The number of anilines is 1. The van der Waals surface area contributed by atoms with E-state index in [0.717, 1.165) is 25.7 Å². The molecule has 1 N–H and O–H groups in total. The average molecular weight is 418 g/mol. The number of carbonyl (C=O) groups is 2. The number of ether oxygens (including phenoxy) is 2. The molecule has 1 aromatic carbocycles. The lowest BCUT2D eigenvalue weighted by molar-refractivity contribution is 0.0520. The molecule has 2 aromatic rings. The van der Waals surface area contributed by atoms with Crippen LogP contribution in [-0.2, 0) is 11.3 Å². The molecule has 1 aliphatic rings. The molecule has 0 aliphatic heterocycles. The number of hydrogen-bond acceptors (Lipinski definition) is 6. The van der Waals surface area contributed by atoms with Crippen LogP contribution < -0.4 is 10.1 Å². The van der Waals surface area contributed by atoms with Crippen LogP contribution in [0.5, 0.6) is 5.75 Å². The lowest BCUT2D eigenvalue weighted by Gasteiger charge is -2.34. The van der Waals surface area contributed by atoms with E-state index >= 15 is 0 Å². The standard InChI is InChI=1S/C21H27N3O4S/c1-3-28-20(25)17-14-29-19(22-17)13-24(15-9-5-4-6-10-15)21(26)23-16-11-7-8-12-18(16)27-2/h7-8,11-12,14-15H,3-6,9-10,13H2,1-2H3,(H,23,26). The zero-order valence-corrected chi connectivity index (χ0v) is 17.7. The maximum Gasteiger partial charge on any atom is 0.357 e. The predicted molar refractivity (Wildman–Crippen MR) is 112 cm³/mol. The first-order valence-corrected chi connectivity index (χ1v) is 10.8. The van der Waals surface area contributed by atoms with E-state index < -0.39 is 5.97 Å². The van der Waals surface area contributed by atoms with Gasteiger partial charge in [0, 0.05) is 11.4 Å². The van der Waals surface area contributed by atoms with Gasteiger partial charge in [0.1, 0.15) is 10.8 Å². The van der Waals surface area contributed by atoms with Gasteiger partial charge in [0.25, 0.3) is 0 Å². The lowest BCUT2D eigenvalue weighted by Crippen LogP contribution is -2.43. The van der Waals surface area contributed by atoms with Gasteiger partial charge in [-0.25, -0.2) is 14.6 Å². The van der Waals surface area contributed by atoms with Gasteiger partial charge in [-0.1, -0.05) is 31.4 Å². The number of carbonyl (C=O) groups excluding carboxylic acids is 2. The molecule has 29 heavy (non-hydrogen) atoms. The van der Waals surface area contributed by atoms with Gasteiger partial charge in [0.15, 0.2) is 5.69 Å². The van der Waals surface area contributed by atoms with Crippen molar-refractivity contribution in [2.45, 2.75) is 51.6 Å².